The summed E-state index contributed by atoms with van der Waals surface area (Å²) in [6.45, 7) is 13.0. The maximum Gasteiger partial charge on any atom is 0.243 e. The van der Waals surface area contributed by atoms with Gasteiger partial charge in [0.05, 0.1) is 12.1 Å². The van der Waals surface area contributed by atoms with Crippen LogP contribution in [-0.4, -0.2) is 53.3 Å². The molecule has 1 aliphatic carbocycles. The Hall–Kier alpha value is -1.96. The first-order valence-corrected chi connectivity index (χ1v) is 10.9. The van der Waals surface area contributed by atoms with E-state index in [9.17, 15) is 19.2 Å². The lowest BCUT2D eigenvalue weighted by molar-refractivity contribution is -0.135. The maximum atomic E-state index is 13.0. The van der Waals surface area contributed by atoms with Crippen molar-refractivity contribution in [1.29, 1.82) is 0 Å². The number of rotatable bonds is 9. The van der Waals surface area contributed by atoms with Gasteiger partial charge in [0, 0.05) is 6.92 Å². The molecule has 0 bridgehead atoms. The molecule has 2 rings (SSSR count). The highest BCUT2D eigenvalue weighted by molar-refractivity contribution is 5.99. The van der Waals surface area contributed by atoms with E-state index in [2.05, 4.69) is 16.0 Å². The molecule has 1 saturated heterocycles. The van der Waals surface area contributed by atoms with Crippen LogP contribution in [0.3, 0.4) is 0 Å². The van der Waals surface area contributed by atoms with Gasteiger partial charge in [-0.15, -0.1) is 0 Å². The second kappa shape index (κ2) is 9.45. The molecule has 1 aliphatic heterocycles. The zero-order valence-electron chi connectivity index (χ0n) is 19.2. The van der Waals surface area contributed by atoms with Crippen molar-refractivity contribution in [3.8, 4) is 0 Å². The molecule has 2 aliphatic rings. The van der Waals surface area contributed by atoms with Gasteiger partial charge < -0.3 is 20.7 Å². The lowest BCUT2D eigenvalue weighted by Crippen LogP contribution is -2.58. The maximum absolute atomic E-state index is 13.0. The van der Waals surface area contributed by atoms with E-state index in [0.29, 0.717) is 19.3 Å². The Balaban J connectivity index is 2.08. The second-order valence-corrected chi connectivity index (χ2v) is 9.86. The summed E-state index contributed by atoms with van der Waals surface area (Å²) in [4.78, 5) is 50.1. The lowest BCUT2D eigenvalue weighted by Gasteiger charge is -2.30. The summed E-state index contributed by atoms with van der Waals surface area (Å²) in [7, 11) is 0. The molecular formula is C22H37N3O5. The first kappa shape index (κ1) is 24.3. The molecular weight excluding hydrogens is 386 g/mol. The van der Waals surface area contributed by atoms with Crippen LogP contribution in [0.25, 0.3) is 0 Å². The fourth-order valence-electron chi connectivity index (χ4n) is 4.36. The highest BCUT2D eigenvalue weighted by Crippen LogP contribution is 2.48. The molecule has 6 atom stereocenters. The molecule has 0 aromatic rings. The number of hydrogen-bond donors (Lipinski definition) is 3. The summed E-state index contributed by atoms with van der Waals surface area (Å²) in [6.07, 6.45) is 1.35. The number of hydrogen-bond acceptors (Lipinski definition) is 5. The Bertz CT molecular complexity index is 692. The second-order valence-electron chi connectivity index (χ2n) is 9.86. The zero-order chi connectivity index (χ0) is 22.8. The molecule has 3 unspecified atom stereocenters. The van der Waals surface area contributed by atoms with Gasteiger partial charge >= 0.3 is 0 Å². The Morgan fingerprint density at radius 3 is 2.07 bits per heavy atom. The topological polar surface area (TPSA) is 117 Å². The van der Waals surface area contributed by atoms with Crippen molar-refractivity contribution in [2.75, 3.05) is 0 Å². The Morgan fingerprint density at radius 1 is 1.03 bits per heavy atom. The van der Waals surface area contributed by atoms with E-state index in [1.54, 1.807) is 6.92 Å². The average molecular weight is 424 g/mol. The van der Waals surface area contributed by atoms with E-state index in [4.69, 9.17) is 4.74 Å². The van der Waals surface area contributed by atoms with Crippen molar-refractivity contribution in [1.82, 2.24) is 16.0 Å². The fourth-order valence-corrected chi connectivity index (χ4v) is 4.36. The van der Waals surface area contributed by atoms with Crippen molar-refractivity contribution >= 4 is 23.5 Å². The number of fused-ring (bicyclic) bond motifs is 1. The molecule has 0 aromatic heterocycles. The first-order chi connectivity index (χ1) is 13.8. The van der Waals surface area contributed by atoms with Gasteiger partial charge in [0.1, 0.15) is 12.1 Å². The van der Waals surface area contributed by atoms with Gasteiger partial charge in [-0.05, 0) is 43.9 Å². The Labute approximate surface area is 179 Å². The summed E-state index contributed by atoms with van der Waals surface area (Å²) in [5.74, 6) is -0.652. The van der Waals surface area contributed by atoms with Gasteiger partial charge in [-0.25, -0.2) is 0 Å². The van der Waals surface area contributed by atoms with Crippen LogP contribution in [-0.2, 0) is 23.9 Å². The SMILES string of the molecule is CC(=O)N[C@@H](CC(C)C)C(=O)NC(CC(C)C)C(=O)N[C@H]1CC(C)C2O[C@@]2(C)C1=O. The van der Waals surface area contributed by atoms with E-state index in [-0.39, 0.29) is 47.4 Å². The van der Waals surface area contributed by atoms with Crippen LogP contribution in [0.15, 0.2) is 0 Å². The average Bonchev–Trinajstić information content (AvgIpc) is 3.31. The van der Waals surface area contributed by atoms with Crippen molar-refractivity contribution in [3.63, 3.8) is 0 Å². The number of carbonyl (C=O) groups excluding carboxylic acids is 4. The molecule has 30 heavy (non-hydrogen) atoms. The van der Waals surface area contributed by atoms with E-state index in [0.717, 1.165) is 0 Å². The largest absolute Gasteiger partial charge is 0.358 e. The minimum atomic E-state index is -0.805. The molecule has 170 valence electrons. The standard InChI is InChI=1S/C22H37N3O5/c1-11(2)8-16(23-14(6)26)20(28)25-17(9-12(3)4)21(29)24-15-10-13(5)19-22(7,30-19)18(15)27/h11-13,15-17,19H,8-10H2,1-7H3,(H,23,26)(H,24,29)(H,25,28)/t13?,15-,16-,17?,19?,22-/m0/s1. The van der Waals surface area contributed by atoms with Gasteiger partial charge in [0.2, 0.25) is 17.7 Å². The van der Waals surface area contributed by atoms with Crippen LogP contribution >= 0.6 is 0 Å². The quantitative estimate of drug-likeness (QED) is 0.484. The predicted molar refractivity (Wildman–Crippen MR) is 112 cm³/mol. The summed E-state index contributed by atoms with van der Waals surface area (Å²) < 4.78 is 5.59. The molecule has 3 N–H and O–H groups in total. The van der Waals surface area contributed by atoms with Crippen LogP contribution in [0.5, 0.6) is 0 Å². The van der Waals surface area contributed by atoms with Crippen LogP contribution in [0.2, 0.25) is 0 Å². The number of carbonyl (C=O) groups is 4. The van der Waals surface area contributed by atoms with Crippen molar-refractivity contribution in [2.24, 2.45) is 17.8 Å². The summed E-state index contributed by atoms with van der Waals surface area (Å²) in [5, 5.41) is 8.31. The Kier molecular flexibility index (Phi) is 7.66. The van der Waals surface area contributed by atoms with Crippen LogP contribution in [0.1, 0.15) is 67.7 Å². The van der Waals surface area contributed by atoms with Crippen LogP contribution in [0.4, 0.5) is 0 Å². The fraction of sp³-hybridized carbons (Fsp3) is 0.818. The third kappa shape index (κ3) is 5.80. The molecule has 8 heteroatoms. The Morgan fingerprint density at radius 2 is 1.57 bits per heavy atom. The molecule has 0 radical (unpaired) electrons. The summed E-state index contributed by atoms with van der Waals surface area (Å²) >= 11 is 0. The number of nitrogens with one attached hydrogen (secondary N) is 3. The van der Waals surface area contributed by atoms with Gasteiger partial charge in [0.25, 0.3) is 0 Å². The summed E-state index contributed by atoms with van der Waals surface area (Å²) in [5.41, 5.74) is -0.805. The number of ketones is 1. The first-order valence-electron chi connectivity index (χ1n) is 10.9. The third-order valence-electron chi connectivity index (χ3n) is 5.85. The van der Waals surface area contributed by atoms with Gasteiger partial charge in [-0.1, -0.05) is 34.6 Å². The van der Waals surface area contributed by atoms with Gasteiger partial charge in [-0.3, -0.25) is 19.2 Å². The normalized spacial score (nSPS) is 29.8. The van der Waals surface area contributed by atoms with Gasteiger partial charge in [-0.2, -0.15) is 0 Å². The van der Waals surface area contributed by atoms with Crippen LogP contribution in [0, 0.1) is 17.8 Å². The van der Waals surface area contributed by atoms with Gasteiger partial charge in [0.15, 0.2) is 11.4 Å². The molecule has 0 spiro atoms. The van der Waals surface area contributed by atoms with E-state index >= 15 is 0 Å². The lowest BCUT2D eigenvalue weighted by atomic mass is 9.79. The number of ether oxygens (including phenoxy) is 1. The highest BCUT2D eigenvalue weighted by atomic mass is 16.6. The summed E-state index contributed by atoms with van der Waals surface area (Å²) in [6, 6.07) is -2.11. The smallest absolute Gasteiger partial charge is 0.243 e. The van der Waals surface area contributed by atoms with E-state index < -0.39 is 23.7 Å². The highest BCUT2D eigenvalue weighted by Gasteiger charge is 2.65. The number of Topliss-reactive ketones (excluding diaryl/α,β-unsaturated/α-hetero) is 1. The van der Waals surface area contributed by atoms with E-state index in [1.807, 2.05) is 34.6 Å². The van der Waals surface area contributed by atoms with Crippen molar-refractivity contribution in [3.05, 3.63) is 0 Å². The molecule has 0 aromatic carbocycles. The number of amides is 3. The molecule has 1 saturated carbocycles. The predicted octanol–water partition coefficient (Wildman–Crippen LogP) is 1.32. The third-order valence-corrected chi connectivity index (χ3v) is 5.85. The minimum absolute atomic E-state index is 0.0706. The number of epoxide rings is 1. The molecule has 2 fully saturated rings. The van der Waals surface area contributed by atoms with Crippen LogP contribution < -0.4 is 16.0 Å². The monoisotopic (exact) mass is 423 g/mol. The minimum Gasteiger partial charge on any atom is -0.358 e. The van der Waals surface area contributed by atoms with E-state index in [1.165, 1.54) is 6.92 Å². The van der Waals surface area contributed by atoms with Crippen molar-refractivity contribution < 1.29 is 23.9 Å². The molecule has 1 heterocycles. The molecule has 3 amide bonds. The zero-order valence-corrected chi connectivity index (χ0v) is 19.2. The molecule has 8 nitrogen and oxygen atoms in total. The van der Waals surface area contributed by atoms with Crippen molar-refractivity contribution in [2.45, 2.75) is 97.6 Å².